The smallest absolute Gasteiger partial charge is 0.241 e. The summed E-state index contributed by atoms with van der Waals surface area (Å²) >= 11 is 0. The van der Waals surface area contributed by atoms with Crippen LogP contribution in [-0.2, 0) is 19.6 Å². The number of amides is 2. The van der Waals surface area contributed by atoms with Gasteiger partial charge >= 0.3 is 0 Å². The summed E-state index contributed by atoms with van der Waals surface area (Å²) in [5.41, 5.74) is 0.872. The van der Waals surface area contributed by atoms with Crippen LogP contribution >= 0.6 is 0 Å². The largest absolute Gasteiger partial charge is 0.493 e. The van der Waals surface area contributed by atoms with Gasteiger partial charge in [0.25, 0.3) is 0 Å². The zero-order valence-electron chi connectivity index (χ0n) is 14.4. The lowest BCUT2D eigenvalue weighted by molar-refractivity contribution is -0.133. The Labute approximate surface area is 152 Å². The lowest BCUT2D eigenvalue weighted by Gasteiger charge is -2.27. The number of nitrogens with one attached hydrogen (secondary N) is 1. The Bertz CT molecular complexity index is 838. The Morgan fingerprint density at radius 2 is 1.96 bits per heavy atom. The number of fused-ring (bicyclic) bond motifs is 2. The molecule has 1 saturated carbocycles. The van der Waals surface area contributed by atoms with E-state index in [1.807, 2.05) is 24.3 Å². The summed E-state index contributed by atoms with van der Waals surface area (Å²) in [5, 5.41) is 2.21. The molecule has 1 aromatic carbocycles. The third kappa shape index (κ3) is 2.86. The predicted molar refractivity (Wildman–Crippen MR) is 93.8 cm³/mol. The fourth-order valence-corrected chi connectivity index (χ4v) is 6.38. The van der Waals surface area contributed by atoms with E-state index in [1.165, 1.54) is 0 Å². The molecule has 2 heterocycles. The van der Waals surface area contributed by atoms with Crippen molar-refractivity contribution >= 4 is 21.8 Å². The number of ether oxygens (including phenoxy) is 1. The van der Waals surface area contributed by atoms with Crippen molar-refractivity contribution in [2.75, 3.05) is 13.2 Å². The number of sulfonamides is 1. The quantitative estimate of drug-likeness (QED) is 0.857. The van der Waals surface area contributed by atoms with E-state index in [0.29, 0.717) is 25.9 Å². The van der Waals surface area contributed by atoms with Crippen LogP contribution in [0.15, 0.2) is 24.3 Å². The van der Waals surface area contributed by atoms with Gasteiger partial charge < -0.3 is 10.1 Å². The minimum Gasteiger partial charge on any atom is -0.493 e. The Morgan fingerprint density at radius 1 is 1.19 bits per heavy atom. The van der Waals surface area contributed by atoms with Crippen LogP contribution in [0.3, 0.4) is 0 Å². The molecule has 26 heavy (non-hydrogen) atoms. The molecule has 2 amide bonds. The van der Waals surface area contributed by atoms with Crippen molar-refractivity contribution in [2.24, 2.45) is 5.92 Å². The highest BCUT2D eigenvalue weighted by Gasteiger charge is 2.53. The van der Waals surface area contributed by atoms with Gasteiger partial charge in [0, 0.05) is 12.0 Å². The lowest BCUT2D eigenvalue weighted by atomic mass is 9.88. The Morgan fingerprint density at radius 3 is 2.77 bits per heavy atom. The van der Waals surface area contributed by atoms with Crippen molar-refractivity contribution in [1.29, 1.82) is 0 Å². The third-order valence-electron chi connectivity index (χ3n) is 5.54. The zero-order valence-corrected chi connectivity index (χ0v) is 15.2. The van der Waals surface area contributed by atoms with E-state index < -0.39 is 39.6 Å². The van der Waals surface area contributed by atoms with E-state index in [-0.39, 0.29) is 6.04 Å². The molecule has 0 aromatic heterocycles. The number of rotatable bonds is 3. The molecule has 0 radical (unpaired) electrons. The molecule has 1 unspecified atom stereocenters. The van der Waals surface area contributed by atoms with Crippen molar-refractivity contribution in [1.82, 2.24) is 9.62 Å². The molecule has 1 aliphatic carbocycles. The highest BCUT2D eigenvalue weighted by Crippen LogP contribution is 2.39. The second kappa shape index (κ2) is 6.57. The first-order valence-electron chi connectivity index (χ1n) is 9.05. The Balaban J connectivity index is 1.48. The Kier molecular flexibility index (Phi) is 4.38. The summed E-state index contributed by atoms with van der Waals surface area (Å²) in [7, 11) is -3.74. The summed E-state index contributed by atoms with van der Waals surface area (Å²) in [6.45, 7) is 0.0424. The van der Waals surface area contributed by atoms with E-state index >= 15 is 0 Å². The van der Waals surface area contributed by atoms with Crippen LogP contribution in [0.1, 0.15) is 43.7 Å². The van der Waals surface area contributed by atoms with Gasteiger partial charge in [-0.05, 0) is 18.9 Å². The SMILES string of the molecule is O=C(CN1C(=O)[C@@H]2CCCC[C@@H]2S1(=O)=O)NC1CCOc2ccccc21. The molecule has 0 spiro atoms. The van der Waals surface area contributed by atoms with Gasteiger partial charge in [-0.2, -0.15) is 0 Å². The number of carbonyl (C=O) groups is 2. The Hall–Kier alpha value is -2.09. The lowest BCUT2D eigenvalue weighted by Crippen LogP contribution is -2.43. The fraction of sp³-hybridized carbons (Fsp3) is 0.556. The summed E-state index contributed by atoms with van der Waals surface area (Å²) in [6, 6.07) is 7.21. The molecular weight excluding hydrogens is 356 g/mol. The number of benzene rings is 1. The molecule has 1 N–H and O–H groups in total. The maximum absolute atomic E-state index is 12.7. The van der Waals surface area contributed by atoms with Gasteiger partial charge in [-0.15, -0.1) is 0 Å². The third-order valence-corrected chi connectivity index (χ3v) is 7.79. The molecule has 1 saturated heterocycles. The molecule has 4 rings (SSSR count). The first-order chi connectivity index (χ1) is 12.5. The normalized spacial score (nSPS) is 29.5. The van der Waals surface area contributed by atoms with Crippen LogP contribution in [0.25, 0.3) is 0 Å². The first-order valence-corrected chi connectivity index (χ1v) is 10.6. The van der Waals surface area contributed by atoms with Gasteiger partial charge in [-0.1, -0.05) is 31.0 Å². The highest BCUT2D eigenvalue weighted by atomic mass is 32.2. The first kappa shape index (κ1) is 17.3. The monoisotopic (exact) mass is 378 g/mol. The van der Waals surface area contributed by atoms with E-state index in [4.69, 9.17) is 4.74 Å². The van der Waals surface area contributed by atoms with E-state index in [9.17, 15) is 18.0 Å². The van der Waals surface area contributed by atoms with Gasteiger partial charge in [-0.3, -0.25) is 9.59 Å². The second-order valence-corrected chi connectivity index (χ2v) is 9.19. The minimum absolute atomic E-state index is 0.241. The summed E-state index contributed by atoms with van der Waals surface area (Å²) in [4.78, 5) is 25.0. The van der Waals surface area contributed by atoms with Gasteiger partial charge in [-0.25, -0.2) is 12.7 Å². The maximum Gasteiger partial charge on any atom is 0.241 e. The number of nitrogens with zero attached hydrogens (tertiary/aromatic N) is 1. The van der Waals surface area contributed by atoms with Crippen LogP contribution in [0.2, 0.25) is 0 Å². The van der Waals surface area contributed by atoms with Crippen LogP contribution in [0, 0.1) is 5.92 Å². The summed E-state index contributed by atoms with van der Waals surface area (Å²) in [5.74, 6) is -0.634. The van der Waals surface area contributed by atoms with Gasteiger partial charge in [0.2, 0.25) is 21.8 Å². The molecule has 1 aromatic rings. The van der Waals surface area contributed by atoms with E-state index in [0.717, 1.165) is 28.5 Å². The molecule has 7 nitrogen and oxygen atoms in total. The van der Waals surface area contributed by atoms with Crippen molar-refractivity contribution in [3.63, 3.8) is 0 Å². The molecule has 140 valence electrons. The van der Waals surface area contributed by atoms with Crippen molar-refractivity contribution < 1.29 is 22.7 Å². The number of para-hydroxylation sites is 1. The molecule has 3 aliphatic rings. The average molecular weight is 378 g/mol. The average Bonchev–Trinajstić information content (AvgIpc) is 2.83. The van der Waals surface area contributed by atoms with Gasteiger partial charge in [0.05, 0.1) is 23.8 Å². The molecule has 0 bridgehead atoms. The predicted octanol–water partition coefficient (Wildman–Crippen LogP) is 1.36. The molecular formula is C18H22N2O5S. The highest BCUT2D eigenvalue weighted by molar-refractivity contribution is 7.90. The van der Waals surface area contributed by atoms with Crippen LogP contribution in [0.5, 0.6) is 5.75 Å². The van der Waals surface area contributed by atoms with Gasteiger partial charge in [0.1, 0.15) is 12.3 Å². The van der Waals surface area contributed by atoms with Crippen LogP contribution < -0.4 is 10.1 Å². The van der Waals surface area contributed by atoms with Crippen LogP contribution in [0.4, 0.5) is 0 Å². The van der Waals surface area contributed by atoms with E-state index in [2.05, 4.69) is 5.32 Å². The van der Waals surface area contributed by atoms with E-state index in [1.54, 1.807) is 0 Å². The van der Waals surface area contributed by atoms with Crippen molar-refractivity contribution in [2.45, 2.75) is 43.4 Å². The fourth-order valence-electron chi connectivity index (χ4n) is 4.24. The van der Waals surface area contributed by atoms with Crippen LogP contribution in [-0.4, -0.2) is 42.9 Å². The molecule has 8 heteroatoms. The zero-order chi connectivity index (χ0) is 18.3. The summed E-state index contributed by atoms with van der Waals surface area (Å²) < 4.78 is 31.7. The number of carbonyl (C=O) groups excluding carboxylic acids is 2. The molecule has 2 fully saturated rings. The van der Waals surface area contributed by atoms with Crippen molar-refractivity contribution in [3.05, 3.63) is 29.8 Å². The standard InChI is InChI=1S/C18H22N2O5S/c21-17(19-14-9-10-25-15-7-3-1-5-12(14)15)11-20-18(22)13-6-2-4-8-16(13)26(20,23)24/h1,3,5,7,13-14,16H,2,4,6,8-11H2,(H,19,21)/t13-,14?,16+/m1/s1. The summed E-state index contributed by atoms with van der Waals surface area (Å²) in [6.07, 6.45) is 3.38. The topological polar surface area (TPSA) is 92.8 Å². The maximum atomic E-state index is 12.7. The second-order valence-electron chi connectivity index (χ2n) is 7.11. The van der Waals surface area contributed by atoms with Crippen molar-refractivity contribution in [3.8, 4) is 5.75 Å². The number of hydrogen-bond acceptors (Lipinski definition) is 5. The molecule has 2 aliphatic heterocycles. The minimum atomic E-state index is -3.74. The van der Waals surface area contributed by atoms with Gasteiger partial charge in [0.15, 0.2) is 0 Å². The molecule has 3 atom stereocenters. The number of hydrogen-bond donors (Lipinski definition) is 1.